The first-order valence-corrected chi connectivity index (χ1v) is 4.22. The van der Waals surface area contributed by atoms with Crippen LogP contribution in [-0.4, -0.2) is 93.1 Å². The maximum atomic E-state index is 11.8. The second-order valence-corrected chi connectivity index (χ2v) is 2.49. The summed E-state index contributed by atoms with van der Waals surface area (Å²) in [6.45, 7) is -27.3. The zero-order valence-electron chi connectivity index (χ0n) is 25.2. The third-order valence-electron chi connectivity index (χ3n) is 1.09. The molecule has 0 unspecified atom stereocenters. The number of nitrogens with zero attached hydrogens (tertiary/aromatic N) is 2. The molecule has 0 aliphatic heterocycles. The van der Waals surface area contributed by atoms with Gasteiger partial charge < -0.3 is 20.4 Å². The molecule has 0 atom stereocenters. The molecule has 0 aliphatic rings. The summed E-state index contributed by atoms with van der Waals surface area (Å²) in [5.41, 5.74) is 0. The summed E-state index contributed by atoms with van der Waals surface area (Å²) in [7, 11) is 0. The Morgan fingerprint density at radius 2 is 0.950 bits per heavy atom. The number of carboxylic acid groups (broad SMARTS) is 4. The van der Waals surface area contributed by atoms with Gasteiger partial charge in [-0.3, -0.25) is 29.0 Å². The Balaban J connectivity index is 7.70. The summed E-state index contributed by atoms with van der Waals surface area (Å²) in [4.78, 5) is 44.7. The molecule has 0 heterocycles. The smallest absolute Gasteiger partial charge is 0.317 e. The minimum Gasteiger partial charge on any atom is -0.480 e. The van der Waals surface area contributed by atoms with Crippen molar-refractivity contribution in [3.05, 3.63) is 0 Å². The van der Waals surface area contributed by atoms with Crippen LogP contribution in [0.25, 0.3) is 5.72 Å². The van der Waals surface area contributed by atoms with Gasteiger partial charge in [0.1, 0.15) is 0 Å². The van der Waals surface area contributed by atoms with Crippen LogP contribution in [0, 0.1) is 0 Å². The lowest BCUT2D eigenvalue weighted by Crippen LogP contribution is -2.43. The van der Waals surface area contributed by atoms with E-state index in [0.717, 1.165) is 0 Å². The first kappa shape index (κ1) is 4.67. The van der Waals surface area contributed by atoms with Crippen molar-refractivity contribution in [1.82, 2.24) is 9.80 Å². The van der Waals surface area contributed by atoms with Crippen LogP contribution in [0.2, 0.25) is 0 Å². The molecule has 0 spiro atoms. The van der Waals surface area contributed by atoms with Gasteiger partial charge in [-0.15, -0.1) is 0 Å². The van der Waals surface area contributed by atoms with E-state index in [1.807, 2.05) is 0 Å². The Kier molecular flexibility index (Phi) is 2.06. The fraction of sp³-hybridized carbons (Fsp3) is 0.600. The average Bonchev–Trinajstić information content (AvgIpc) is 2.74. The molecule has 0 fully saturated rings. The molecule has 0 bridgehead atoms. The van der Waals surface area contributed by atoms with E-state index in [1.165, 1.54) is 0 Å². The Hall–Kier alpha value is -2.20. The molecule has 0 aromatic carbocycles. The maximum absolute atomic E-state index is 11.8. The zero-order valence-corrected chi connectivity index (χ0v) is 9.16. The van der Waals surface area contributed by atoms with Crippen LogP contribution in [-0.2, 0) is 19.2 Å². The van der Waals surface area contributed by atoms with Crippen molar-refractivity contribution in [3.8, 4) is 0 Å². The third-order valence-corrected chi connectivity index (χ3v) is 1.09. The van der Waals surface area contributed by atoms with Crippen LogP contribution >= 0.6 is 0 Å². The Morgan fingerprint density at radius 1 is 0.700 bits per heavy atom. The molecule has 0 aliphatic carbocycles. The minimum atomic E-state index is -4.80. The van der Waals surface area contributed by atoms with Crippen LogP contribution in [0.1, 0.15) is 16.4 Å². The highest BCUT2D eigenvalue weighted by Gasteiger charge is 2.17. The molecule has 0 aromatic rings. The SMILES string of the molecule is [2H]OC(=O)C([2H])([2H])N(C([2H])([2H])C(=O)O[2H])C([2H])([2H])C([2H])([2H])N(C([2H])([2H])C(=O)O[2H])C([2H])([2H])C(=O)O[2H]. The predicted octanol–water partition coefficient (Wildman–Crippen LogP) is -2.07. The van der Waals surface area contributed by atoms with Gasteiger partial charge >= 0.3 is 23.9 Å². The van der Waals surface area contributed by atoms with Crippen molar-refractivity contribution in [2.75, 3.05) is 39.0 Å². The van der Waals surface area contributed by atoms with Gasteiger partial charge in [-0.05, 0) is 0 Å². The van der Waals surface area contributed by atoms with Gasteiger partial charge in [0.15, 0.2) is 0 Å². The second kappa shape index (κ2) is 8.82. The van der Waals surface area contributed by atoms with E-state index in [4.69, 9.17) is 22.2 Å². The minimum absolute atomic E-state index is 1.32. The van der Waals surface area contributed by atoms with Crippen molar-refractivity contribution in [2.45, 2.75) is 0 Å². The molecule has 114 valence electrons. The van der Waals surface area contributed by atoms with E-state index in [1.54, 1.807) is 0 Å². The van der Waals surface area contributed by atoms with Gasteiger partial charge in [0, 0.05) is 18.5 Å². The summed E-state index contributed by atoms with van der Waals surface area (Å²) in [6, 6.07) is 0. The van der Waals surface area contributed by atoms with Crippen LogP contribution in [0.5, 0.6) is 0 Å². The van der Waals surface area contributed by atoms with Crippen molar-refractivity contribution in [3.63, 3.8) is 0 Å². The van der Waals surface area contributed by atoms with E-state index in [9.17, 15) is 19.2 Å². The molecular formula is C10H16N2O8. The standard InChI is InChI=1S/C10H16N2O8/c13-7(14)3-11(4-8(15)16)1-2-12(5-9(17)18)6-10(19)20/h1-6H2,(H,13,14)(H,15,16)(H,17,18)(H,19,20)/i1D2,2D2,3D2,4D2,5D2,6D2/hD4. The normalized spacial score (nSPS) is 25.9. The summed E-state index contributed by atoms with van der Waals surface area (Å²) in [6.07, 6.45) is 0. The largest absolute Gasteiger partial charge is 0.480 e. The lowest BCUT2D eigenvalue weighted by atomic mass is 10.4. The van der Waals surface area contributed by atoms with Crippen molar-refractivity contribution < 1.29 is 56.1 Å². The molecular weight excluding hydrogens is 276 g/mol. The van der Waals surface area contributed by atoms with Gasteiger partial charge in [-0.1, -0.05) is 0 Å². The summed E-state index contributed by atoms with van der Waals surface area (Å²) < 4.78 is 120. The lowest BCUT2D eigenvalue weighted by molar-refractivity contribution is -0.145. The highest BCUT2D eigenvalue weighted by molar-refractivity contribution is 5.73. The second-order valence-electron chi connectivity index (χ2n) is 2.49. The summed E-state index contributed by atoms with van der Waals surface area (Å²) >= 11 is 0. The molecule has 10 heteroatoms. The highest BCUT2D eigenvalue weighted by atomic mass is 16.4. The molecule has 0 radical (unpaired) electrons. The van der Waals surface area contributed by atoms with Gasteiger partial charge in [0.05, 0.1) is 37.0 Å². The van der Waals surface area contributed by atoms with Crippen LogP contribution < -0.4 is 0 Å². The van der Waals surface area contributed by atoms with Gasteiger partial charge in [-0.25, -0.2) is 0 Å². The number of carboxylic acids is 4. The summed E-state index contributed by atoms with van der Waals surface area (Å²) in [5.74, 6) is -10.1. The summed E-state index contributed by atoms with van der Waals surface area (Å²) in [5, 5.41) is 13.2. The Morgan fingerprint density at radius 3 is 1.15 bits per heavy atom. The number of hydrogen-bond donors (Lipinski definition) is 4. The number of hydrogen-bond acceptors (Lipinski definition) is 10. The number of rotatable bonds is 11. The van der Waals surface area contributed by atoms with Crippen LogP contribution in [0.15, 0.2) is 0 Å². The topological polar surface area (TPSA) is 156 Å². The zero-order chi connectivity index (χ0) is 29.3. The number of carbonyl (C=O) groups is 4. The van der Waals surface area contributed by atoms with E-state index in [0.29, 0.717) is 0 Å². The predicted molar refractivity (Wildman–Crippen MR) is 63.4 cm³/mol. The Labute approximate surface area is 136 Å². The van der Waals surface area contributed by atoms with Crippen molar-refractivity contribution in [2.24, 2.45) is 0 Å². The van der Waals surface area contributed by atoms with Gasteiger partial charge in [0.2, 0.25) is 0 Å². The molecule has 0 amide bonds. The Bertz CT molecular complexity index is 755. The molecule has 0 saturated carbocycles. The number of aliphatic carboxylic acids is 4. The molecule has 10 nitrogen and oxygen atoms in total. The van der Waals surface area contributed by atoms with Crippen molar-refractivity contribution >= 4 is 23.9 Å². The lowest BCUT2D eigenvalue weighted by Gasteiger charge is -2.23. The third kappa shape index (κ3) is 9.79. The fourth-order valence-corrected chi connectivity index (χ4v) is 0.633. The molecule has 0 aromatic heterocycles. The van der Waals surface area contributed by atoms with Gasteiger partial charge in [-0.2, -0.15) is 0 Å². The fourth-order valence-electron chi connectivity index (χ4n) is 0.633. The van der Waals surface area contributed by atoms with Crippen molar-refractivity contribution in [1.29, 1.82) is 5.72 Å². The first-order valence-electron chi connectivity index (χ1n) is 11.9. The van der Waals surface area contributed by atoms with Gasteiger partial charge in [0.25, 0.3) is 5.72 Å². The highest BCUT2D eigenvalue weighted by Crippen LogP contribution is 1.94. The monoisotopic (exact) mass is 308 g/mol. The van der Waals surface area contributed by atoms with Crippen LogP contribution in [0.3, 0.4) is 0 Å². The molecule has 4 N–H and O–H groups in total. The first-order chi connectivity index (χ1) is 15.9. The molecule has 0 saturated heterocycles. The quantitative estimate of drug-likeness (QED) is 0.334. The average molecular weight is 308 g/mol. The maximum Gasteiger partial charge on any atom is 0.317 e. The van der Waals surface area contributed by atoms with E-state index >= 15 is 0 Å². The van der Waals surface area contributed by atoms with E-state index in [2.05, 4.69) is 20.4 Å². The molecule has 0 rings (SSSR count). The van der Waals surface area contributed by atoms with E-state index < -0.39 is 72.7 Å². The van der Waals surface area contributed by atoms with Crippen LogP contribution in [0.4, 0.5) is 0 Å². The van der Waals surface area contributed by atoms with E-state index in [-0.39, 0.29) is 0 Å². The molecule has 20 heavy (non-hydrogen) atoms.